The molecule has 0 aliphatic carbocycles. The van der Waals surface area contributed by atoms with Crippen LogP contribution in [0.5, 0.6) is 11.5 Å². The van der Waals surface area contributed by atoms with Gasteiger partial charge in [-0.2, -0.15) is 0 Å². The topological polar surface area (TPSA) is 91.3 Å². The summed E-state index contributed by atoms with van der Waals surface area (Å²) in [5.41, 5.74) is 7.51. The molecule has 0 spiro atoms. The zero-order chi connectivity index (χ0) is 20.0. The van der Waals surface area contributed by atoms with Gasteiger partial charge in [-0.1, -0.05) is 11.8 Å². The van der Waals surface area contributed by atoms with E-state index >= 15 is 0 Å². The number of aromatic nitrogens is 4. The SMILES string of the molecule is CN1CCCC1CCn1c(Sc2cc3c(cc2Br)OCO3)nc2c(N)ncnc21. The number of ether oxygens (including phenoxy) is 2. The van der Waals surface area contributed by atoms with Crippen molar-refractivity contribution >= 4 is 44.7 Å². The first-order chi connectivity index (χ1) is 14.1. The molecule has 10 heteroatoms. The van der Waals surface area contributed by atoms with Crippen molar-refractivity contribution in [2.45, 2.75) is 41.9 Å². The molecule has 0 amide bonds. The minimum atomic E-state index is 0.245. The molecular formula is C19H21BrN6O2S. The largest absolute Gasteiger partial charge is 0.454 e. The van der Waals surface area contributed by atoms with E-state index in [0.717, 1.165) is 51.2 Å². The molecule has 0 bridgehead atoms. The molecule has 1 fully saturated rings. The summed E-state index contributed by atoms with van der Waals surface area (Å²) < 4.78 is 14.1. The van der Waals surface area contributed by atoms with Crippen molar-refractivity contribution in [2.75, 3.05) is 26.1 Å². The highest BCUT2D eigenvalue weighted by molar-refractivity contribution is 9.10. The van der Waals surface area contributed by atoms with E-state index in [1.165, 1.54) is 19.2 Å². The molecule has 1 atom stereocenters. The Balaban J connectivity index is 1.50. The Kier molecular flexibility index (Phi) is 5.00. The average Bonchev–Trinajstić information content (AvgIpc) is 3.40. The van der Waals surface area contributed by atoms with Gasteiger partial charge in [-0.3, -0.25) is 0 Å². The predicted octanol–water partition coefficient (Wildman–Crippen LogP) is 3.54. The lowest BCUT2D eigenvalue weighted by Crippen LogP contribution is -2.26. The van der Waals surface area contributed by atoms with Gasteiger partial charge < -0.3 is 24.7 Å². The number of aryl methyl sites for hydroxylation is 1. The molecule has 2 aliphatic rings. The molecule has 3 aromatic rings. The van der Waals surface area contributed by atoms with Crippen molar-refractivity contribution in [3.63, 3.8) is 0 Å². The third-order valence-electron chi connectivity index (χ3n) is 5.51. The van der Waals surface area contributed by atoms with Crippen LogP contribution in [0.4, 0.5) is 5.82 Å². The van der Waals surface area contributed by atoms with E-state index in [2.05, 4.69) is 42.4 Å². The summed E-state index contributed by atoms with van der Waals surface area (Å²) in [6.45, 7) is 2.23. The standard InChI is InChI=1S/C19H21BrN6O2S/c1-25-5-2-3-11(25)4-6-26-18-16(17(21)22-9-23-18)24-19(26)29-15-8-14-13(7-12(15)20)27-10-28-14/h7-9,11H,2-6,10H2,1H3,(H2,21,22,23). The first-order valence-electron chi connectivity index (χ1n) is 9.54. The Labute approximate surface area is 180 Å². The number of likely N-dealkylation sites (tertiary alicyclic amines) is 1. The van der Waals surface area contributed by atoms with Crippen molar-refractivity contribution in [2.24, 2.45) is 0 Å². The Morgan fingerprint density at radius 3 is 2.90 bits per heavy atom. The third kappa shape index (κ3) is 3.53. The minimum absolute atomic E-state index is 0.245. The van der Waals surface area contributed by atoms with Gasteiger partial charge in [0.25, 0.3) is 0 Å². The summed E-state index contributed by atoms with van der Waals surface area (Å²) in [7, 11) is 2.20. The van der Waals surface area contributed by atoms with Gasteiger partial charge in [0.2, 0.25) is 6.79 Å². The summed E-state index contributed by atoms with van der Waals surface area (Å²) in [5, 5.41) is 0.840. The number of anilines is 1. The fourth-order valence-electron chi connectivity index (χ4n) is 3.91. The van der Waals surface area contributed by atoms with Crippen LogP contribution < -0.4 is 15.2 Å². The highest BCUT2D eigenvalue weighted by atomic mass is 79.9. The summed E-state index contributed by atoms with van der Waals surface area (Å²) in [6, 6.07) is 4.49. The highest BCUT2D eigenvalue weighted by Crippen LogP contribution is 2.43. The second kappa shape index (κ2) is 7.66. The summed E-state index contributed by atoms with van der Waals surface area (Å²) in [6.07, 6.45) is 5.04. The lowest BCUT2D eigenvalue weighted by atomic mass is 10.1. The van der Waals surface area contributed by atoms with Crippen molar-refractivity contribution in [3.8, 4) is 11.5 Å². The fourth-order valence-corrected chi connectivity index (χ4v) is 5.42. The monoisotopic (exact) mass is 476 g/mol. The maximum absolute atomic E-state index is 6.09. The maximum Gasteiger partial charge on any atom is 0.231 e. The molecule has 5 rings (SSSR count). The third-order valence-corrected chi connectivity index (χ3v) is 7.48. The molecule has 1 aromatic carbocycles. The molecule has 152 valence electrons. The summed E-state index contributed by atoms with van der Waals surface area (Å²) in [4.78, 5) is 16.8. The van der Waals surface area contributed by atoms with E-state index < -0.39 is 0 Å². The molecule has 1 saturated heterocycles. The van der Waals surface area contributed by atoms with Crippen LogP contribution in [0.25, 0.3) is 11.2 Å². The number of hydrogen-bond acceptors (Lipinski definition) is 8. The first kappa shape index (κ1) is 19.0. The first-order valence-corrected chi connectivity index (χ1v) is 11.1. The maximum atomic E-state index is 6.09. The lowest BCUT2D eigenvalue weighted by molar-refractivity contribution is 0.174. The second-order valence-corrected chi connectivity index (χ2v) is 9.14. The zero-order valence-corrected chi connectivity index (χ0v) is 18.4. The molecule has 1 unspecified atom stereocenters. The van der Waals surface area contributed by atoms with Crippen LogP contribution in [0.2, 0.25) is 0 Å². The Morgan fingerprint density at radius 2 is 2.10 bits per heavy atom. The van der Waals surface area contributed by atoms with Gasteiger partial charge in [0.05, 0.1) is 0 Å². The Hall–Kier alpha value is -2.04. The van der Waals surface area contributed by atoms with Gasteiger partial charge in [-0.25, -0.2) is 15.0 Å². The number of nitrogens with two attached hydrogens (primary N) is 1. The second-order valence-electron chi connectivity index (χ2n) is 7.28. The number of imidazole rings is 1. The Bertz CT molecular complexity index is 1070. The van der Waals surface area contributed by atoms with Crippen molar-refractivity contribution in [3.05, 3.63) is 22.9 Å². The molecule has 2 aromatic heterocycles. The van der Waals surface area contributed by atoms with Crippen LogP contribution in [-0.2, 0) is 6.54 Å². The van der Waals surface area contributed by atoms with Gasteiger partial charge in [0.1, 0.15) is 6.33 Å². The molecule has 8 nitrogen and oxygen atoms in total. The van der Waals surface area contributed by atoms with E-state index in [0.29, 0.717) is 17.4 Å². The van der Waals surface area contributed by atoms with Crippen molar-refractivity contribution in [1.29, 1.82) is 0 Å². The molecule has 0 radical (unpaired) electrons. The number of hydrogen-bond donors (Lipinski definition) is 1. The number of rotatable bonds is 5. The predicted molar refractivity (Wildman–Crippen MR) is 114 cm³/mol. The van der Waals surface area contributed by atoms with Crippen molar-refractivity contribution in [1.82, 2.24) is 24.4 Å². The minimum Gasteiger partial charge on any atom is -0.454 e. The van der Waals surface area contributed by atoms with Gasteiger partial charge >= 0.3 is 0 Å². The zero-order valence-electron chi connectivity index (χ0n) is 16.0. The number of nitrogen functional groups attached to an aromatic ring is 1. The number of nitrogens with zero attached hydrogens (tertiary/aromatic N) is 5. The van der Waals surface area contributed by atoms with Crippen molar-refractivity contribution < 1.29 is 9.47 Å². The summed E-state index contributed by atoms with van der Waals surface area (Å²) in [5.74, 6) is 1.89. The van der Waals surface area contributed by atoms with E-state index in [1.54, 1.807) is 11.8 Å². The van der Waals surface area contributed by atoms with Crippen LogP contribution in [0.15, 0.2) is 33.0 Å². The number of halogens is 1. The molecule has 0 saturated carbocycles. The van der Waals surface area contributed by atoms with E-state index in [-0.39, 0.29) is 6.79 Å². The van der Waals surface area contributed by atoms with Gasteiger partial charge in [0, 0.05) is 22.0 Å². The van der Waals surface area contributed by atoms with Crippen LogP contribution in [0.3, 0.4) is 0 Å². The van der Waals surface area contributed by atoms with Crippen LogP contribution in [0.1, 0.15) is 19.3 Å². The number of benzene rings is 1. The van der Waals surface area contributed by atoms with Gasteiger partial charge in [-0.15, -0.1) is 0 Å². The van der Waals surface area contributed by atoms with Gasteiger partial charge in [-0.05, 0) is 60.9 Å². The van der Waals surface area contributed by atoms with Crippen LogP contribution >= 0.6 is 27.7 Å². The number of fused-ring (bicyclic) bond motifs is 2. The van der Waals surface area contributed by atoms with E-state index in [4.69, 9.17) is 20.2 Å². The smallest absolute Gasteiger partial charge is 0.231 e. The van der Waals surface area contributed by atoms with Crippen LogP contribution in [-0.4, -0.2) is 50.8 Å². The molecular weight excluding hydrogens is 456 g/mol. The quantitative estimate of drug-likeness (QED) is 0.597. The molecule has 2 N–H and O–H groups in total. The fraction of sp³-hybridized carbons (Fsp3) is 0.421. The lowest BCUT2D eigenvalue weighted by Gasteiger charge is -2.20. The van der Waals surface area contributed by atoms with Crippen LogP contribution in [0, 0.1) is 0 Å². The van der Waals surface area contributed by atoms with E-state index in [1.807, 2.05) is 12.1 Å². The molecule has 4 heterocycles. The highest BCUT2D eigenvalue weighted by Gasteiger charge is 2.24. The van der Waals surface area contributed by atoms with E-state index in [9.17, 15) is 0 Å². The normalized spacial score (nSPS) is 18.8. The summed E-state index contributed by atoms with van der Waals surface area (Å²) >= 11 is 5.20. The molecule has 2 aliphatic heterocycles. The average molecular weight is 477 g/mol. The molecule has 29 heavy (non-hydrogen) atoms. The Morgan fingerprint density at radius 1 is 1.28 bits per heavy atom. The van der Waals surface area contributed by atoms with Gasteiger partial charge in [0.15, 0.2) is 33.6 Å².